The summed E-state index contributed by atoms with van der Waals surface area (Å²) in [7, 11) is 1.58. The molecule has 2 rings (SSSR count). The molecule has 2 aromatic rings. The fourth-order valence-electron chi connectivity index (χ4n) is 2.12. The highest BCUT2D eigenvalue weighted by molar-refractivity contribution is 7.17. The molecule has 130 valence electrons. The number of carbonyl (C=O) groups excluding carboxylic acids is 2. The average molecular weight is 377 g/mol. The number of ether oxygens (including phenoxy) is 1. The monoisotopic (exact) mass is 376 g/mol. The Bertz CT molecular complexity index is 795. The summed E-state index contributed by atoms with van der Waals surface area (Å²) in [6.07, 6.45) is -0.671. The topological polar surface area (TPSA) is 70.4 Å². The molecule has 1 atom stereocenters. The van der Waals surface area contributed by atoms with Crippen molar-refractivity contribution in [2.75, 3.05) is 13.6 Å². The summed E-state index contributed by atoms with van der Waals surface area (Å²) in [6, 6.07) is 12.8. The molecule has 0 spiro atoms. The molecule has 0 saturated carbocycles. The smallest absolute Gasteiger partial charge is 0.349 e. The number of hydrogen-bond acceptors (Lipinski definition) is 5. The lowest BCUT2D eigenvalue weighted by Crippen LogP contribution is -2.37. The molecule has 0 aliphatic carbocycles. The zero-order valence-electron chi connectivity index (χ0n) is 13.9. The second-order valence-electron chi connectivity index (χ2n) is 5.39. The van der Waals surface area contributed by atoms with Crippen LogP contribution < -0.4 is 0 Å². The maximum absolute atomic E-state index is 12.2. The number of halogens is 1. The number of thiophene rings is 1. The molecule has 1 heterocycles. The van der Waals surface area contributed by atoms with Crippen molar-refractivity contribution in [1.29, 1.82) is 5.26 Å². The first-order valence-corrected chi connectivity index (χ1v) is 8.80. The van der Waals surface area contributed by atoms with Crippen LogP contribution in [0.1, 0.15) is 23.0 Å². The van der Waals surface area contributed by atoms with Gasteiger partial charge in [0.15, 0.2) is 6.10 Å². The minimum absolute atomic E-state index is 0.234. The maximum atomic E-state index is 12.2. The molecule has 0 unspecified atom stereocenters. The van der Waals surface area contributed by atoms with Crippen LogP contribution in [0.5, 0.6) is 0 Å². The second kappa shape index (κ2) is 8.65. The predicted molar refractivity (Wildman–Crippen MR) is 97.5 cm³/mol. The summed E-state index contributed by atoms with van der Waals surface area (Å²) in [4.78, 5) is 27.1. The van der Waals surface area contributed by atoms with Crippen LogP contribution in [0, 0.1) is 11.3 Å². The van der Waals surface area contributed by atoms with Crippen LogP contribution in [0.4, 0.5) is 0 Å². The lowest BCUT2D eigenvalue weighted by Gasteiger charge is -2.20. The van der Waals surface area contributed by atoms with Crippen molar-refractivity contribution in [3.05, 3.63) is 46.3 Å². The summed E-state index contributed by atoms with van der Waals surface area (Å²) in [5.41, 5.74) is 0.953. The Morgan fingerprint density at radius 2 is 1.96 bits per heavy atom. The van der Waals surface area contributed by atoms with Gasteiger partial charge in [0.1, 0.15) is 4.88 Å². The largest absolute Gasteiger partial charge is 0.448 e. The van der Waals surface area contributed by atoms with Gasteiger partial charge in [0, 0.05) is 23.5 Å². The molecule has 5 nitrogen and oxygen atoms in total. The molecular formula is C18H17ClN2O3S. The van der Waals surface area contributed by atoms with Crippen LogP contribution in [-0.4, -0.2) is 36.5 Å². The maximum Gasteiger partial charge on any atom is 0.349 e. The fourth-order valence-corrected chi connectivity index (χ4v) is 3.14. The summed E-state index contributed by atoms with van der Waals surface area (Å²) < 4.78 is 5.24. The Balaban J connectivity index is 2.00. The molecule has 0 radical (unpaired) electrons. The lowest BCUT2D eigenvalue weighted by molar-refractivity contribution is -0.138. The summed E-state index contributed by atoms with van der Waals surface area (Å²) >= 11 is 7.16. The van der Waals surface area contributed by atoms with E-state index < -0.39 is 12.1 Å². The Morgan fingerprint density at radius 1 is 1.28 bits per heavy atom. The van der Waals surface area contributed by atoms with Gasteiger partial charge < -0.3 is 9.64 Å². The van der Waals surface area contributed by atoms with Gasteiger partial charge in [0.25, 0.3) is 5.91 Å². The van der Waals surface area contributed by atoms with Crippen molar-refractivity contribution in [1.82, 2.24) is 4.90 Å². The van der Waals surface area contributed by atoms with E-state index in [4.69, 9.17) is 21.6 Å². The minimum atomic E-state index is -0.905. The van der Waals surface area contributed by atoms with E-state index in [0.29, 0.717) is 16.4 Å². The summed E-state index contributed by atoms with van der Waals surface area (Å²) in [5, 5.41) is 9.21. The second-order valence-corrected chi connectivity index (χ2v) is 6.91. The summed E-state index contributed by atoms with van der Waals surface area (Å²) in [5.74, 6) is -0.877. The zero-order chi connectivity index (χ0) is 18.4. The molecule has 0 N–H and O–H groups in total. The fraction of sp³-hybridized carbons (Fsp3) is 0.278. The third-order valence-electron chi connectivity index (χ3n) is 3.50. The SMILES string of the molecule is C[C@@H](OC(=O)c1ccc(-c2ccc(Cl)cc2)s1)C(=O)N(C)CCC#N. The molecule has 1 aromatic carbocycles. The minimum Gasteiger partial charge on any atom is -0.448 e. The number of esters is 1. The first kappa shape index (κ1) is 19.0. The Labute approximate surface area is 155 Å². The van der Waals surface area contributed by atoms with Gasteiger partial charge in [-0.25, -0.2) is 4.79 Å². The van der Waals surface area contributed by atoms with Gasteiger partial charge in [-0.2, -0.15) is 5.26 Å². The highest BCUT2D eigenvalue weighted by Crippen LogP contribution is 2.29. The number of carbonyl (C=O) groups is 2. The van der Waals surface area contributed by atoms with Crippen LogP contribution >= 0.6 is 22.9 Å². The van der Waals surface area contributed by atoms with Crippen LogP contribution in [0.2, 0.25) is 5.02 Å². The molecule has 1 amide bonds. The molecule has 1 aromatic heterocycles. The number of nitriles is 1. The number of amides is 1. The van der Waals surface area contributed by atoms with E-state index in [9.17, 15) is 9.59 Å². The van der Waals surface area contributed by atoms with Gasteiger partial charge in [0.05, 0.1) is 12.5 Å². The average Bonchev–Trinajstić information content (AvgIpc) is 3.09. The van der Waals surface area contributed by atoms with E-state index in [2.05, 4.69) is 0 Å². The Morgan fingerprint density at radius 3 is 2.60 bits per heavy atom. The van der Waals surface area contributed by atoms with Crippen LogP contribution in [0.25, 0.3) is 10.4 Å². The number of nitrogens with zero attached hydrogens (tertiary/aromatic N) is 2. The van der Waals surface area contributed by atoms with Crippen LogP contribution in [0.15, 0.2) is 36.4 Å². The Hall–Kier alpha value is -2.36. The van der Waals surface area contributed by atoms with Crippen molar-refractivity contribution >= 4 is 34.8 Å². The van der Waals surface area contributed by atoms with E-state index in [0.717, 1.165) is 10.4 Å². The van der Waals surface area contributed by atoms with Crippen LogP contribution in [0.3, 0.4) is 0 Å². The van der Waals surface area contributed by atoms with Crippen molar-refractivity contribution < 1.29 is 14.3 Å². The molecule has 0 bridgehead atoms. The molecule has 0 aliphatic rings. The molecule has 0 saturated heterocycles. The molecule has 25 heavy (non-hydrogen) atoms. The van der Waals surface area contributed by atoms with Crippen LogP contribution in [-0.2, 0) is 9.53 Å². The predicted octanol–water partition coefficient (Wildman–Crippen LogP) is 3.99. The Kier molecular flexibility index (Phi) is 6.57. The highest BCUT2D eigenvalue weighted by Gasteiger charge is 2.23. The van der Waals surface area contributed by atoms with E-state index in [1.54, 1.807) is 25.2 Å². The quantitative estimate of drug-likeness (QED) is 0.715. The first-order chi connectivity index (χ1) is 11.9. The first-order valence-electron chi connectivity index (χ1n) is 7.61. The van der Waals surface area contributed by atoms with Gasteiger partial charge in [-0.1, -0.05) is 23.7 Å². The van der Waals surface area contributed by atoms with E-state index in [1.807, 2.05) is 24.3 Å². The van der Waals surface area contributed by atoms with Gasteiger partial charge in [-0.15, -0.1) is 11.3 Å². The van der Waals surface area contributed by atoms with Gasteiger partial charge in [0.2, 0.25) is 0 Å². The number of likely N-dealkylation sites (N-methyl/N-ethyl adjacent to an activating group) is 1. The molecule has 0 aliphatic heterocycles. The van der Waals surface area contributed by atoms with Crippen molar-refractivity contribution in [2.24, 2.45) is 0 Å². The standard InChI is InChI=1S/C18H17ClN2O3S/c1-12(17(22)21(2)11-3-10-20)24-18(23)16-9-8-15(25-16)13-4-6-14(19)7-5-13/h4-9,12H,3,11H2,1-2H3/t12-/m1/s1. The molecule has 7 heteroatoms. The third kappa shape index (κ3) is 5.05. The zero-order valence-corrected chi connectivity index (χ0v) is 15.4. The van der Waals surface area contributed by atoms with Gasteiger partial charge >= 0.3 is 5.97 Å². The van der Waals surface area contributed by atoms with Crippen molar-refractivity contribution in [3.63, 3.8) is 0 Å². The van der Waals surface area contributed by atoms with E-state index >= 15 is 0 Å². The van der Waals surface area contributed by atoms with Gasteiger partial charge in [-0.3, -0.25) is 4.79 Å². The molecular weight excluding hydrogens is 360 g/mol. The normalized spacial score (nSPS) is 11.4. The van der Waals surface area contributed by atoms with Crippen molar-refractivity contribution in [3.8, 4) is 16.5 Å². The highest BCUT2D eigenvalue weighted by atomic mass is 35.5. The van der Waals surface area contributed by atoms with E-state index in [-0.39, 0.29) is 12.3 Å². The number of rotatable bonds is 6. The number of hydrogen-bond donors (Lipinski definition) is 0. The number of benzene rings is 1. The lowest BCUT2D eigenvalue weighted by atomic mass is 10.2. The van der Waals surface area contributed by atoms with E-state index in [1.165, 1.54) is 23.2 Å². The van der Waals surface area contributed by atoms with Gasteiger partial charge in [-0.05, 0) is 36.8 Å². The molecule has 0 fully saturated rings. The third-order valence-corrected chi connectivity index (χ3v) is 4.87. The summed E-state index contributed by atoms with van der Waals surface area (Å²) in [6.45, 7) is 1.83. The van der Waals surface area contributed by atoms with Crippen molar-refractivity contribution in [2.45, 2.75) is 19.4 Å².